The lowest BCUT2D eigenvalue weighted by Gasteiger charge is -2.09. The minimum Gasteiger partial charge on any atom is -0.311 e. The van der Waals surface area contributed by atoms with Gasteiger partial charge in [0, 0.05) is 24.4 Å². The first-order chi connectivity index (χ1) is 6.93. The van der Waals surface area contributed by atoms with E-state index in [1.54, 1.807) is 17.5 Å². The van der Waals surface area contributed by atoms with Crippen LogP contribution in [0.2, 0.25) is 0 Å². The molecule has 0 aliphatic carbocycles. The Morgan fingerprint density at radius 1 is 1.43 bits per heavy atom. The molecule has 14 heavy (non-hydrogen) atoms. The SMILES string of the molecule is c1n[nH]nc1-c1nc2c(s1)CNCC2. The predicted molar refractivity (Wildman–Crippen MR) is 52.9 cm³/mol. The number of hydrogen-bond donors (Lipinski definition) is 2. The number of H-pyrrole nitrogens is 1. The first-order valence-corrected chi connectivity index (χ1v) is 5.30. The van der Waals surface area contributed by atoms with Crippen LogP contribution in [-0.4, -0.2) is 26.9 Å². The van der Waals surface area contributed by atoms with Gasteiger partial charge in [-0.1, -0.05) is 0 Å². The fourth-order valence-corrected chi connectivity index (χ4v) is 2.57. The molecule has 0 saturated heterocycles. The average molecular weight is 207 g/mol. The summed E-state index contributed by atoms with van der Waals surface area (Å²) in [6, 6.07) is 0. The van der Waals surface area contributed by atoms with Gasteiger partial charge in [-0.2, -0.15) is 15.4 Å². The number of aromatic amines is 1. The zero-order valence-electron chi connectivity index (χ0n) is 7.45. The summed E-state index contributed by atoms with van der Waals surface area (Å²) < 4.78 is 0. The number of thiazole rings is 1. The van der Waals surface area contributed by atoms with Crippen LogP contribution in [0.25, 0.3) is 10.7 Å². The van der Waals surface area contributed by atoms with Crippen LogP contribution in [-0.2, 0) is 13.0 Å². The Morgan fingerprint density at radius 2 is 2.43 bits per heavy atom. The molecule has 0 atom stereocenters. The van der Waals surface area contributed by atoms with Gasteiger partial charge in [0.1, 0.15) is 10.7 Å². The molecule has 0 unspecified atom stereocenters. The number of nitrogens with zero attached hydrogens (tertiary/aromatic N) is 3. The predicted octanol–water partition coefficient (Wildman–Crippen LogP) is 0.574. The summed E-state index contributed by atoms with van der Waals surface area (Å²) in [4.78, 5) is 5.88. The second kappa shape index (κ2) is 3.14. The van der Waals surface area contributed by atoms with E-state index < -0.39 is 0 Å². The molecule has 3 heterocycles. The molecule has 0 aromatic carbocycles. The van der Waals surface area contributed by atoms with Crippen LogP contribution in [0.4, 0.5) is 0 Å². The van der Waals surface area contributed by atoms with Crippen molar-refractivity contribution >= 4 is 11.3 Å². The van der Waals surface area contributed by atoms with Crippen molar-refractivity contribution in [1.29, 1.82) is 0 Å². The van der Waals surface area contributed by atoms with Gasteiger partial charge in [-0.25, -0.2) is 4.98 Å². The Labute approximate surface area is 84.6 Å². The fraction of sp³-hybridized carbons (Fsp3) is 0.375. The van der Waals surface area contributed by atoms with Crippen molar-refractivity contribution in [2.24, 2.45) is 0 Å². The van der Waals surface area contributed by atoms with Crippen LogP contribution in [0.5, 0.6) is 0 Å². The molecule has 1 aliphatic rings. The summed E-state index contributed by atoms with van der Waals surface area (Å²) in [5, 5.41) is 14.7. The minimum absolute atomic E-state index is 0.837. The van der Waals surface area contributed by atoms with Gasteiger partial charge < -0.3 is 5.32 Å². The van der Waals surface area contributed by atoms with Gasteiger partial charge in [-0.05, 0) is 0 Å². The number of hydrogen-bond acceptors (Lipinski definition) is 5. The summed E-state index contributed by atoms with van der Waals surface area (Å²) in [5.41, 5.74) is 2.05. The third-order valence-electron chi connectivity index (χ3n) is 2.24. The van der Waals surface area contributed by atoms with Crippen molar-refractivity contribution in [2.45, 2.75) is 13.0 Å². The maximum atomic E-state index is 4.55. The second-order valence-electron chi connectivity index (χ2n) is 3.17. The van der Waals surface area contributed by atoms with E-state index >= 15 is 0 Å². The van der Waals surface area contributed by atoms with Gasteiger partial charge in [-0.3, -0.25) is 0 Å². The van der Waals surface area contributed by atoms with E-state index in [1.165, 1.54) is 10.6 Å². The first-order valence-electron chi connectivity index (χ1n) is 4.49. The highest BCUT2D eigenvalue weighted by molar-refractivity contribution is 7.15. The molecular weight excluding hydrogens is 198 g/mol. The van der Waals surface area contributed by atoms with Crippen LogP contribution in [0.15, 0.2) is 6.20 Å². The minimum atomic E-state index is 0.837. The van der Waals surface area contributed by atoms with E-state index in [4.69, 9.17) is 0 Å². The van der Waals surface area contributed by atoms with E-state index in [-0.39, 0.29) is 0 Å². The molecular formula is C8H9N5S. The Hall–Kier alpha value is -1.27. The van der Waals surface area contributed by atoms with E-state index in [0.29, 0.717) is 0 Å². The number of aromatic nitrogens is 4. The molecule has 0 saturated carbocycles. The molecule has 0 amide bonds. The Balaban J connectivity index is 2.04. The second-order valence-corrected chi connectivity index (χ2v) is 4.25. The molecule has 0 spiro atoms. The van der Waals surface area contributed by atoms with Crippen molar-refractivity contribution in [2.75, 3.05) is 6.54 Å². The normalized spacial score (nSPS) is 15.4. The third kappa shape index (κ3) is 1.23. The summed E-state index contributed by atoms with van der Waals surface area (Å²) in [7, 11) is 0. The Bertz CT molecular complexity index is 409. The molecule has 0 bridgehead atoms. The molecule has 3 rings (SSSR count). The van der Waals surface area contributed by atoms with Crippen molar-refractivity contribution < 1.29 is 0 Å². The molecule has 2 aromatic rings. The van der Waals surface area contributed by atoms with Crippen LogP contribution in [0, 0.1) is 0 Å². The first kappa shape index (κ1) is 8.07. The standard InChI is InChI=1S/C8H9N5S/c1-2-9-4-7-5(1)11-8(14-7)6-3-10-13-12-6/h3,9H,1-2,4H2,(H,10,12,13). The van der Waals surface area contributed by atoms with E-state index in [1.807, 2.05) is 0 Å². The van der Waals surface area contributed by atoms with Gasteiger partial charge in [-0.15, -0.1) is 11.3 Å². The Morgan fingerprint density at radius 3 is 3.21 bits per heavy atom. The van der Waals surface area contributed by atoms with Crippen molar-refractivity contribution in [1.82, 2.24) is 25.7 Å². The van der Waals surface area contributed by atoms with Crippen molar-refractivity contribution in [3.63, 3.8) is 0 Å². The highest BCUT2D eigenvalue weighted by Crippen LogP contribution is 2.27. The molecule has 5 nitrogen and oxygen atoms in total. The van der Waals surface area contributed by atoms with Crippen LogP contribution in [0.3, 0.4) is 0 Å². The van der Waals surface area contributed by atoms with Crippen LogP contribution in [0.1, 0.15) is 10.6 Å². The summed E-state index contributed by atoms with van der Waals surface area (Å²) in [5.74, 6) is 0. The highest BCUT2D eigenvalue weighted by Gasteiger charge is 2.16. The molecule has 72 valence electrons. The molecule has 6 heteroatoms. The number of rotatable bonds is 1. The average Bonchev–Trinajstić information content (AvgIpc) is 2.86. The topological polar surface area (TPSA) is 66.5 Å². The van der Waals surface area contributed by atoms with Crippen molar-refractivity contribution in [3.05, 3.63) is 16.8 Å². The number of nitrogens with one attached hydrogen (secondary N) is 2. The maximum absolute atomic E-state index is 4.55. The molecule has 0 radical (unpaired) electrons. The summed E-state index contributed by atoms with van der Waals surface area (Å²) >= 11 is 1.70. The smallest absolute Gasteiger partial charge is 0.145 e. The number of fused-ring (bicyclic) bond motifs is 1. The van der Waals surface area contributed by atoms with Gasteiger partial charge in [0.25, 0.3) is 0 Å². The maximum Gasteiger partial charge on any atom is 0.145 e. The van der Waals surface area contributed by atoms with Gasteiger partial charge in [0.15, 0.2) is 0 Å². The highest BCUT2D eigenvalue weighted by atomic mass is 32.1. The zero-order chi connectivity index (χ0) is 9.38. The zero-order valence-corrected chi connectivity index (χ0v) is 8.27. The van der Waals surface area contributed by atoms with Crippen LogP contribution >= 0.6 is 11.3 Å². The largest absolute Gasteiger partial charge is 0.311 e. The lowest BCUT2D eigenvalue weighted by molar-refractivity contribution is 0.644. The van der Waals surface area contributed by atoms with Gasteiger partial charge in [0.2, 0.25) is 0 Å². The lowest BCUT2D eigenvalue weighted by atomic mass is 10.2. The van der Waals surface area contributed by atoms with Crippen molar-refractivity contribution in [3.8, 4) is 10.7 Å². The fourth-order valence-electron chi connectivity index (χ4n) is 1.54. The third-order valence-corrected chi connectivity index (χ3v) is 3.36. The van der Waals surface area contributed by atoms with Crippen LogP contribution < -0.4 is 5.32 Å². The summed E-state index contributed by atoms with van der Waals surface area (Å²) in [6.07, 6.45) is 2.72. The Kier molecular flexibility index (Phi) is 1.81. The lowest BCUT2D eigenvalue weighted by Crippen LogP contribution is -2.22. The summed E-state index contributed by atoms with van der Waals surface area (Å²) in [6.45, 7) is 1.96. The molecule has 1 aliphatic heterocycles. The van der Waals surface area contributed by atoms with Gasteiger partial charge >= 0.3 is 0 Å². The van der Waals surface area contributed by atoms with E-state index in [0.717, 1.165) is 30.2 Å². The van der Waals surface area contributed by atoms with E-state index in [2.05, 4.69) is 25.7 Å². The monoisotopic (exact) mass is 207 g/mol. The molecule has 2 N–H and O–H groups in total. The quantitative estimate of drug-likeness (QED) is 0.717. The molecule has 2 aromatic heterocycles. The molecule has 0 fully saturated rings. The van der Waals surface area contributed by atoms with E-state index in [9.17, 15) is 0 Å². The van der Waals surface area contributed by atoms with Gasteiger partial charge in [0.05, 0.1) is 11.9 Å².